The van der Waals surface area contributed by atoms with Gasteiger partial charge >= 0.3 is 0 Å². The summed E-state index contributed by atoms with van der Waals surface area (Å²) in [7, 11) is 0. The van der Waals surface area contributed by atoms with Gasteiger partial charge in [-0.15, -0.1) is 0 Å². The highest BCUT2D eigenvalue weighted by molar-refractivity contribution is 5.93. The molecule has 0 aromatic heterocycles. The van der Waals surface area contributed by atoms with E-state index in [9.17, 15) is 4.79 Å². The second-order valence-electron chi connectivity index (χ2n) is 4.11. The van der Waals surface area contributed by atoms with Crippen LogP contribution in [0.4, 0.5) is 5.69 Å². The van der Waals surface area contributed by atoms with Crippen molar-refractivity contribution in [3.63, 3.8) is 0 Å². The Balaban J connectivity index is 2.81. The summed E-state index contributed by atoms with van der Waals surface area (Å²) in [6.07, 6.45) is 0.656. The van der Waals surface area contributed by atoms with E-state index in [1.165, 1.54) is 0 Å². The predicted octanol–water partition coefficient (Wildman–Crippen LogP) is 1.79. The number of rotatable bonds is 4. The zero-order chi connectivity index (χ0) is 12.8. The van der Waals surface area contributed by atoms with Crippen molar-refractivity contribution in [3.8, 4) is 6.07 Å². The Morgan fingerprint density at radius 2 is 2.29 bits per heavy atom. The van der Waals surface area contributed by atoms with Crippen LogP contribution in [-0.2, 0) is 4.79 Å². The molecule has 0 saturated heterocycles. The number of nitriles is 1. The Bertz CT molecular complexity index is 448. The molecular formula is C13H17N3O. The molecule has 1 amide bonds. The fraction of sp³-hybridized carbons (Fsp3) is 0.385. The second-order valence-corrected chi connectivity index (χ2v) is 4.11. The summed E-state index contributed by atoms with van der Waals surface area (Å²) in [6.45, 7) is 4.22. The summed E-state index contributed by atoms with van der Waals surface area (Å²) in [5, 5.41) is 11.6. The summed E-state index contributed by atoms with van der Waals surface area (Å²) in [6, 6.07) is 7.29. The van der Waals surface area contributed by atoms with Crippen LogP contribution in [0.5, 0.6) is 0 Å². The minimum absolute atomic E-state index is 0.0614. The Morgan fingerprint density at radius 3 is 2.88 bits per heavy atom. The molecule has 0 radical (unpaired) electrons. The lowest BCUT2D eigenvalue weighted by Crippen LogP contribution is -2.23. The van der Waals surface area contributed by atoms with Crippen LogP contribution in [0.1, 0.15) is 24.5 Å². The van der Waals surface area contributed by atoms with Crippen LogP contribution >= 0.6 is 0 Å². The zero-order valence-corrected chi connectivity index (χ0v) is 10.2. The standard InChI is InChI=1S/C13H17N3O/c1-9-3-4-11(8-15)7-12(9)16-13(17)10(2)5-6-14/h3-4,7,10H,5-6,14H2,1-2H3,(H,16,17). The monoisotopic (exact) mass is 231 g/mol. The van der Waals surface area contributed by atoms with Gasteiger partial charge in [0.25, 0.3) is 0 Å². The van der Waals surface area contributed by atoms with Crippen LogP contribution in [0, 0.1) is 24.2 Å². The van der Waals surface area contributed by atoms with E-state index in [2.05, 4.69) is 11.4 Å². The smallest absolute Gasteiger partial charge is 0.227 e. The lowest BCUT2D eigenvalue weighted by Gasteiger charge is -2.13. The molecule has 0 saturated carbocycles. The fourth-order valence-corrected chi connectivity index (χ4v) is 1.46. The van der Waals surface area contributed by atoms with Crippen LogP contribution < -0.4 is 11.1 Å². The molecule has 0 aliphatic rings. The Kier molecular flexibility index (Phi) is 4.68. The average molecular weight is 231 g/mol. The number of nitrogens with zero attached hydrogens (tertiary/aromatic N) is 1. The van der Waals surface area contributed by atoms with Crippen LogP contribution in [0.25, 0.3) is 0 Å². The second kappa shape index (κ2) is 6.02. The first-order chi connectivity index (χ1) is 8.08. The van der Waals surface area contributed by atoms with Crippen LogP contribution in [0.15, 0.2) is 18.2 Å². The van der Waals surface area contributed by atoms with E-state index in [0.717, 1.165) is 5.56 Å². The molecule has 0 aliphatic heterocycles. The number of anilines is 1. The highest BCUT2D eigenvalue weighted by Gasteiger charge is 2.13. The van der Waals surface area contributed by atoms with Gasteiger partial charge in [-0.25, -0.2) is 0 Å². The molecule has 1 rings (SSSR count). The maximum atomic E-state index is 11.8. The molecule has 3 N–H and O–H groups in total. The van der Waals surface area contributed by atoms with Gasteiger partial charge < -0.3 is 11.1 Å². The van der Waals surface area contributed by atoms with Crippen molar-refractivity contribution in [2.24, 2.45) is 11.7 Å². The number of hydrogen-bond donors (Lipinski definition) is 2. The topological polar surface area (TPSA) is 78.9 Å². The lowest BCUT2D eigenvalue weighted by molar-refractivity contribution is -0.119. The Hall–Kier alpha value is -1.86. The minimum atomic E-state index is -0.120. The van der Waals surface area contributed by atoms with Gasteiger partial charge in [-0.2, -0.15) is 5.26 Å². The maximum Gasteiger partial charge on any atom is 0.227 e. The average Bonchev–Trinajstić information content (AvgIpc) is 2.32. The van der Waals surface area contributed by atoms with E-state index in [1.807, 2.05) is 19.9 Å². The molecule has 0 fully saturated rings. The molecule has 1 atom stereocenters. The van der Waals surface area contributed by atoms with Crippen molar-refractivity contribution in [1.29, 1.82) is 5.26 Å². The number of nitrogens with one attached hydrogen (secondary N) is 1. The fourth-order valence-electron chi connectivity index (χ4n) is 1.46. The Labute approximate surface area is 101 Å². The van der Waals surface area contributed by atoms with Gasteiger partial charge in [-0.3, -0.25) is 4.79 Å². The van der Waals surface area contributed by atoms with E-state index in [-0.39, 0.29) is 11.8 Å². The van der Waals surface area contributed by atoms with E-state index in [0.29, 0.717) is 24.2 Å². The third-order valence-electron chi connectivity index (χ3n) is 2.67. The summed E-state index contributed by atoms with van der Waals surface area (Å²) >= 11 is 0. The van der Waals surface area contributed by atoms with Gasteiger partial charge in [-0.1, -0.05) is 13.0 Å². The van der Waals surface area contributed by atoms with Gasteiger partial charge in [-0.05, 0) is 37.6 Å². The number of nitrogens with two attached hydrogens (primary N) is 1. The summed E-state index contributed by atoms with van der Waals surface area (Å²) in [5.74, 6) is -0.182. The highest BCUT2D eigenvalue weighted by atomic mass is 16.1. The quantitative estimate of drug-likeness (QED) is 0.829. The molecule has 1 aromatic carbocycles. The first-order valence-corrected chi connectivity index (χ1v) is 5.60. The summed E-state index contributed by atoms with van der Waals surface area (Å²) < 4.78 is 0. The normalized spacial score (nSPS) is 11.6. The molecule has 0 aliphatic carbocycles. The molecule has 90 valence electrons. The molecule has 1 aromatic rings. The lowest BCUT2D eigenvalue weighted by atomic mass is 10.1. The number of aryl methyl sites for hydroxylation is 1. The summed E-state index contributed by atoms with van der Waals surface area (Å²) in [4.78, 5) is 11.8. The maximum absolute atomic E-state index is 11.8. The van der Waals surface area contributed by atoms with Crippen LogP contribution in [-0.4, -0.2) is 12.5 Å². The SMILES string of the molecule is Cc1ccc(C#N)cc1NC(=O)C(C)CCN. The summed E-state index contributed by atoms with van der Waals surface area (Å²) in [5.41, 5.74) is 7.59. The van der Waals surface area contributed by atoms with Crippen LogP contribution in [0.2, 0.25) is 0 Å². The van der Waals surface area contributed by atoms with E-state index < -0.39 is 0 Å². The molecule has 17 heavy (non-hydrogen) atoms. The molecule has 1 unspecified atom stereocenters. The van der Waals surface area contributed by atoms with Crippen molar-refractivity contribution in [2.75, 3.05) is 11.9 Å². The van der Waals surface area contributed by atoms with Crippen LogP contribution in [0.3, 0.4) is 0 Å². The minimum Gasteiger partial charge on any atom is -0.330 e. The Morgan fingerprint density at radius 1 is 1.59 bits per heavy atom. The number of hydrogen-bond acceptors (Lipinski definition) is 3. The van der Waals surface area contributed by atoms with Gasteiger partial charge in [0, 0.05) is 11.6 Å². The van der Waals surface area contributed by atoms with Crippen molar-refractivity contribution in [2.45, 2.75) is 20.3 Å². The number of carbonyl (C=O) groups is 1. The molecule has 4 nitrogen and oxygen atoms in total. The number of benzene rings is 1. The van der Waals surface area contributed by atoms with Crippen molar-refractivity contribution in [3.05, 3.63) is 29.3 Å². The highest BCUT2D eigenvalue weighted by Crippen LogP contribution is 2.17. The molecule has 0 bridgehead atoms. The zero-order valence-electron chi connectivity index (χ0n) is 10.2. The van der Waals surface area contributed by atoms with E-state index in [4.69, 9.17) is 11.0 Å². The van der Waals surface area contributed by atoms with Crippen molar-refractivity contribution < 1.29 is 4.79 Å². The number of carbonyl (C=O) groups excluding carboxylic acids is 1. The third kappa shape index (κ3) is 3.58. The number of amides is 1. The van der Waals surface area contributed by atoms with E-state index >= 15 is 0 Å². The predicted molar refractivity (Wildman–Crippen MR) is 67.4 cm³/mol. The van der Waals surface area contributed by atoms with E-state index in [1.54, 1.807) is 12.1 Å². The van der Waals surface area contributed by atoms with Gasteiger partial charge in [0.1, 0.15) is 0 Å². The largest absolute Gasteiger partial charge is 0.330 e. The van der Waals surface area contributed by atoms with Crippen molar-refractivity contribution >= 4 is 11.6 Å². The van der Waals surface area contributed by atoms with Gasteiger partial charge in [0.05, 0.1) is 11.6 Å². The molecule has 0 spiro atoms. The van der Waals surface area contributed by atoms with Crippen molar-refractivity contribution in [1.82, 2.24) is 0 Å². The first-order valence-electron chi connectivity index (χ1n) is 5.60. The first kappa shape index (κ1) is 13.2. The molecule has 0 heterocycles. The third-order valence-corrected chi connectivity index (χ3v) is 2.67. The van der Waals surface area contributed by atoms with Gasteiger partial charge in [0.15, 0.2) is 0 Å². The van der Waals surface area contributed by atoms with Gasteiger partial charge in [0.2, 0.25) is 5.91 Å². The molecule has 4 heteroatoms. The molecular weight excluding hydrogens is 214 g/mol.